The summed E-state index contributed by atoms with van der Waals surface area (Å²) >= 11 is 0. The van der Waals surface area contributed by atoms with Crippen LogP contribution in [0.15, 0.2) is 58.2 Å². The molecule has 0 bridgehead atoms. The molecule has 3 aromatic heterocycles. The summed E-state index contributed by atoms with van der Waals surface area (Å²) in [5.74, 6) is -0.441. The maximum Gasteiger partial charge on any atom is 0.326 e. The lowest BCUT2D eigenvalue weighted by Crippen LogP contribution is -2.28. The molecule has 1 amide bonds. The van der Waals surface area contributed by atoms with Crippen molar-refractivity contribution in [2.75, 3.05) is 11.9 Å². The van der Waals surface area contributed by atoms with Crippen LogP contribution in [0.2, 0.25) is 0 Å². The Morgan fingerprint density at radius 2 is 2.00 bits per heavy atom. The molecule has 172 valence electrons. The van der Waals surface area contributed by atoms with E-state index in [-0.39, 0.29) is 12.1 Å². The number of anilines is 1. The van der Waals surface area contributed by atoms with E-state index in [4.69, 9.17) is 9.15 Å². The largest absolute Gasteiger partial charge is 0.467 e. The molecule has 3 heterocycles. The number of carbonyl (C=O) groups is 2. The Balaban J connectivity index is 1.44. The number of para-hydroxylation sites is 1. The highest BCUT2D eigenvalue weighted by atomic mass is 16.5. The first-order chi connectivity index (χ1) is 16.4. The minimum Gasteiger partial charge on any atom is -0.467 e. The van der Waals surface area contributed by atoms with Crippen LogP contribution in [-0.2, 0) is 27.4 Å². The molecule has 1 N–H and O–H groups in total. The molecule has 10 heteroatoms. The van der Waals surface area contributed by atoms with Crippen molar-refractivity contribution in [3.63, 3.8) is 0 Å². The van der Waals surface area contributed by atoms with Crippen molar-refractivity contribution in [2.24, 2.45) is 0 Å². The number of nitrogens with zero attached hydrogens (tertiary/aromatic N) is 4. The Labute approximate surface area is 194 Å². The van der Waals surface area contributed by atoms with Gasteiger partial charge in [-0.1, -0.05) is 12.1 Å². The number of rotatable bonds is 7. The van der Waals surface area contributed by atoms with Gasteiger partial charge in [0.05, 0.1) is 35.6 Å². The summed E-state index contributed by atoms with van der Waals surface area (Å²) in [7, 11) is 0. The highest BCUT2D eigenvalue weighted by molar-refractivity contribution is 5.93. The summed E-state index contributed by atoms with van der Waals surface area (Å²) in [6, 6.07) is 12.4. The molecule has 0 unspecified atom stereocenters. The van der Waals surface area contributed by atoms with Crippen LogP contribution in [0, 0.1) is 25.2 Å². The molecule has 10 nitrogen and oxygen atoms in total. The van der Waals surface area contributed by atoms with E-state index >= 15 is 0 Å². The van der Waals surface area contributed by atoms with Gasteiger partial charge in [-0.3, -0.25) is 19.0 Å². The summed E-state index contributed by atoms with van der Waals surface area (Å²) in [6.07, 6.45) is 2.80. The summed E-state index contributed by atoms with van der Waals surface area (Å²) < 4.78 is 13.3. The van der Waals surface area contributed by atoms with Crippen LogP contribution in [0.25, 0.3) is 10.9 Å². The van der Waals surface area contributed by atoms with Crippen LogP contribution < -0.4 is 10.9 Å². The van der Waals surface area contributed by atoms with E-state index in [1.807, 2.05) is 6.92 Å². The minimum absolute atomic E-state index is 0.296. The van der Waals surface area contributed by atoms with E-state index < -0.39 is 18.5 Å². The number of ether oxygens (including phenoxy) is 1. The molecule has 0 aliphatic heterocycles. The van der Waals surface area contributed by atoms with E-state index in [1.54, 1.807) is 54.2 Å². The van der Waals surface area contributed by atoms with Crippen molar-refractivity contribution in [1.82, 2.24) is 14.1 Å². The van der Waals surface area contributed by atoms with Gasteiger partial charge in [0.25, 0.3) is 11.5 Å². The molecular formula is C24H21N5O5. The molecule has 0 radical (unpaired) electrons. The number of esters is 1. The average molecular weight is 459 g/mol. The van der Waals surface area contributed by atoms with E-state index in [2.05, 4.69) is 16.4 Å². The van der Waals surface area contributed by atoms with Crippen LogP contribution in [0.1, 0.15) is 22.6 Å². The lowest BCUT2D eigenvalue weighted by molar-refractivity contribution is -0.147. The van der Waals surface area contributed by atoms with Gasteiger partial charge in [-0.2, -0.15) is 5.26 Å². The molecule has 34 heavy (non-hydrogen) atoms. The van der Waals surface area contributed by atoms with Crippen LogP contribution >= 0.6 is 0 Å². The lowest BCUT2D eigenvalue weighted by atomic mass is 10.2. The number of amides is 1. The third-order valence-electron chi connectivity index (χ3n) is 5.49. The quantitative estimate of drug-likeness (QED) is 0.420. The SMILES string of the molecule is Cc1c(C#N)c(NC(=O)COC(=O)Cn2cnc3ccccc3c2=O)n(Cc2ccco2)c1C. The van der Waals surface area contributed by atoms with Gasteiger partial charge in [0.15, 0.2) is 6.61 Å². The molecule has 0 aliphatic rings. The van der Waals surface area contributed by atoms with Crippen LogP contribution in [0.5, 0.6) is 0 Å². The fourth-order valence-corrected chi connectivity index (χ4v) is 3.60. The van der Waals surface area contributed by atoms with E-state index in [0.717, 1.165) is 15.8 Å². The Morgan fingerprint density at radius 1 is 1.21 bits per heavy atom. The Kier molecular flexibility index (Phi) is 6.27. The first kappa shape index (κ1) is 22.5. The van der Waals surface area contributed by atoms with Gasteiger partial charge < -0.3 is 19.0 Å². The number of benzene rings is 1. The van der Waals surface area contributed by atoms with Gasteiger partial charge in [0, 0.05) is 5.69 Å². The molecule has 0 aliphatic carbocycles. The van der Waals surface area contributed by atoms with E-state index in [1.165, 1.54) is 6.33 Å². The first-order valence-corrected chi connectivity index (χ1v) is 10.4. The van der Waals surface area contributed by atoms with Crippen molar-refractivity contribution >= 4 is 28.6 Å². The number of nitriles is 1. The van der Waals surface area contributed by atoms with Crippen LogP contribution in [0.4, 0.5) is 5.82 Å². The zero-order valence-electron chi connectivity index (χ0n) is 18.6. The molecule has 0 fully saturated rings. The van der Waals surface area contributed by atoms with Gasteiger partial charge in [-0.25, -0.2) is 4.98 Å². The van der Waals surface area contributed by atoms with Crippen molar-refractivity contribution < 1.29 is 18.7 Å². The Bertz CT molecular complexity index is 1470. The summed E-state index contributed by atoms with van der Waals surface area (Å²) in [4.78, 5) is 41.5. The van der Waals surface area contributed by atoms with Gasteiger partial charge in [0.2, 0.25) is 0 Å². The molecule has 4 aromatic rings. The van der Waals surface area contributed by atoms with Gasteiger partial charge in [0.1, 0.15) is 24.2 Å². The predicted octanol–water partition coefficient (Wildman–Crippen LogP) is 2.51. The zero-order valence-corrected chi connectivity index (χ0v) is 18.6. The lowest BCUT2D eigenvalue weighted by Gasteiger charge is -2.12. The van der Waals surface area contributed by atoms with Gasteiger partial charge in [-0.15, -0.1) is 0 Å². The number of hydrogen-bond donors (Lipinski definition) is 1. The van der Waals surface area contributed by atoms with E-state index in [9.17, 15) is 19.6 Å². The highest BCUT2D eigenvalue weighted by Crippen LogP contribution is 2.27. The van der Waals surface area contributed by atoms with Crippen molar-refractivity contribution in [2.45, 2.75) is 26.9 Å². The second kappa shape index (κ2) is 9.46. The van der Waals surface area contributed by atoms with Crippen LogP contribution in [-0.4, -0.2) is 32.6 Å². The molecule has 4 rings (SSSR count). The summed E-state index contributed by atoms with van der Waals surface area (Å²) in [5.41, 5.74) is 1.98. The molecule has 0 spiro atoms. The molecule has 0 saturated heterocycles. The second-order valence-electron chi connectivity index (χ2n) is 7.61. The second-order valence-corrected chi connectivity index (χ2v) is 7.61. The molecule has 0 saturated carbocycles. The minimum atomic E-state index is -0.770. The Hall–Kier alpha value is -4.65. The monoisotopic (exact) mass is 459 g/mol. The maximum absolute atomic E-state index is 12.5. The van der Waals surface area contributed by atoms with Crippen molar-refractivity contribution in [3.8, 4) is 6.07 Å². The normalized spacial score (nSPS) is 10.7. The number of aromatic nitrogens is 3. The third kappa shape index (κ3) is 4.45. The van der Waals surface area contributed by atoms with Crippen molar-refractivity contribution in [1.29, 1.82) is 5.26 Å². The standard InChI is InChI=1S/C24H21N5O5/c1-15-16(2)29(11-17-6-5-9-33-17)23(19(15)10-25)27-21(30)13-34-22(31)12-28-14-26-20-8-4-3-7-18(20)24(28)32/h3-9,14H,11-13H2,1-2H3,(H,27,30). The summed E-state index contributed by atoms with van der Waals surface area (Å²) in [6.45, 7) is 2.97. The average Bonchev–Trinajstić information content (AvgIpc) is 3.42. The number of carbonyl (C=O) groups excluding carboxylic acids is 2. The fourth-order valence-electron chi connectivity index (χ4n) is 3.60. The molecule has 0 atom stereocenters. The smallest absolute Gasteiger partial charge is 0.326 e. The third-order valence-corrected chi connectivity index (χ3v) is 5.49. The zero-order chi connectivity index (χ0) is 24.2. The highest BCUT2D eigenvalue weighted by Gasteiger charge is 2.21. The van der Waals surface area contributed by atoms with E-state index in [0.29, 0.717) is 34.6 Å². The van der Waals surface area contributed by atoms with Gasteiger partial charge >= 0.3 is 5.97 Å². The van der Waals surface area contributed by atoms with Crippen LogP contribution in [0.3, 0.4) is 0 Å². The number of nitrogens with one attached hydrogen (secondary N) is 1. The van der Waals surface area contributed by atoms with Crippen molar-refractivity contribution in [3.05, 3.63) is 81.9 Å². The number of furan rings is 1. The predicted molar refractivity (Wildman–Crippen MR) is 122 cm³/mol. The maximum atomic E-state index is 12.5. The molecule has 1 aromatic carbocycles. The Morgan fingerprint density at radius 3 is 2.74 bits per heavy atom. The molecular weight excluding hydrogens is 438 g/mol. The summed E-state index contributed by atoms with van der Waals surface area (Å²) in [5, 5.41) is 12.6. The number of fused-ring (bicyclic) bond motifs is 1. The number of hydrogen-bond acceptors (Lipinski definition) is 7. The fraction of sp³-hybridized carbons (Fsp3) is 0.208. The topological polar surface area (TPSA) is 132 Å². The first-order valence-electron chi connectivity index (χ1n) is 10.4. The van der Waals surface area contributed by atoms with Gasteiger partial charge in [-0.05, 0) is 43.7 Å².